The first-order valence-corrected chi connectivity index (χ1v) is 10.7. The summed E-state index contributed by atoms with van der Waals surface area (Å²) in [5.74, 6) is 1.68. The van der Waals surface area contributed by atoms with Gasteiger partial charge in [0.05, 0.1) is 0 Å². The van der Waals surface area contributed by atoms with Crippen LogP contribution < -0.4 is 10.1 Å². The van der Waals surface area contributed by atoms with Gasteiger partial charge < -0.3 is 15.0 Å². The van der Waals surface area contributed by atoms with Gasteiger partial charge >= 0.3 is 0 Å². The first-order valence-electron chi connectivity index (χ1n) is 10.7. The van der Waals surface area contributed by atoms with Crippen molar-refractivity contribution in [1.29, 1.82) is 0 Å². The number of carbonyl (C=O) groups is 1. The minimum atomic E-state index is -0.125. The van der Waals surface area contributed by atoms with E-state index in [0.717, 1.165) is 54.1 Å². The smallest absolute Gasteiger partial charge is 0.217 e. The summed E-state index contributed by atoms with van der Waals surface area (Å²) in [6.45, 7) is 7.92. The van der Waals surface area contributed by atoms with E-state index in [2.05, 4.69) is 67.5 Å². The molecule has 0 bridgehead atoms. The van der Waals surface area contributed by atoms with Crippen molar-refractivity contribution in [2.75, 3.05) is 0 Å². The Morgan fingerprint density at radius 3 is 2.03 bits per heavy atom. The lowest BCUT2D eigenvalue weighted by Crippen LogP contribution is -2.47. The molecule has 1 aromatic heterocycles. The molecule has 3 aromatic rings. The molecule has 0 radical (unpaired) electrons. The standard InChI is InChI=1S/C26H32N2O2/c1-5-26(6-2,28-20(4)29)18-17-21-8-12-23(13-9-21)30-24-14-10-22(11-15-24)25-16-7-19(3)27-25/h7-16,27H,5-6,17-18H2,1-4H3,(H,28,29). The van der Waals surface area contributed by atoms with Crippen molar-refractivity contribution in [3.63, 3.8) is 0 Å². The van der Waals surface area contributed by atoms with Crippen molar-refractivity contribution in [3.8, 4) is 22.8 Å². The highest BCUT2D eigenvalue weighted by Gasteiger charge is 2.26. The minimum Gasteiger partial charge on any atom is -0.457 e. The lowest BCUT2D eigenvalue weighted by atomic mass is 9.86. The van der Waals surface area contributed by atoms with Crippen LogP contribution in [0, 0.1) is 6.92 Å². The van der Waals surface area contributed by atoms with Gasteiger partial charge in [0.15, 0.2) is 0 Å². The number of H-pyrrole nitrogens is 1. The number of carbonyl (C=O) groups excluding carboxylic acids is 1. The number of rotatable bonds is 9. The molecule has 0 atom stereocenters. The van der Waals surface area contributed by atoms with Crippen LogP contribution in [0.15, 0.2) is 60.7 Å². The zero-order valence-corrected chi connectivity index (χ0v) is 18.4. The molecule has 30 heavy (non-hydrogen) atoms. The Balaban J connectivity index is 1.59. The average molecular weight is 405 g/mol. The van der Waals surface area contributed by atoms with E-state index in [1.807, 2.05) is 24.3 Å². The molecule has 0 unspecified atom stereocenters. The summed E-state index contributed by atoms with van der Waals surface area (Å²) in [6.07, 6.45) is 3.72. The summed E-state index contributed by atoms with van der Waals surface area (Å²) >= 11 is 0. The van der Waals surface area contributed by atoms with E-state index in [-0.39, 0.29) is 11.4 Å². The maximum atomic E-state index is 11.6. The van der Waals surface area contributed by atoms with Crippen LogP contribution in [0.2, 0.25) is 0 Å². The van der Waals surface area contributed by atoms with Crippen LogP contribution in [-0.2, 0) is 11.2 Å². The van der Waals surface area contributed by atoms with E-state index in [0.29, 0.717) is 0 Å². The third-order valence-corrected chi connectivity index (χ3v) is 5.84. The summed E-state index contributed by atoms with van der Waals surface area (Å²) in [5.41, 5.74) is 4.52. The summed E-state index contributed by atoms with van der Waals surface area (Å²) < 4.78 is 6.00. The highest BCUT2D eigenvalue weighted by Crippen LogP contribution is 2.27. The van der Waals surface area contributed by atoms with Gasteiger partial charge in [0.25, 0.3) is 0 Å². The maximum absolute atomic E-state index is 11.6. The zero-order valence-electron chi connectivity index (χ0n) is 18.4. The van der Waals surface area contributed by atoms with E-state index in [4.69, 9.17) is 4.74 Å². The monoisotopic (exact) mass is 404 g/mol. The molecule has 0 aliphatic rings. The number of hydrogen-bond acceptors (Lipinski definition) is 2. The van der Waals surface area contributed by atoms with Gasteiger partial charge in [-0.1, -0.05) is 26.0 Å². The second-order valence-electron chi connectivity index (χ2n) is 7.99. The number of aromatic amines is 1. The minimum absolute atomic E-state index is 0.0415. The van der Waals surface area contributed by atoms with Gasteiger partial charge in [0.2, 0.25) is 5.91 Å². The van der Waals surface area contributed by atoms with Crippen molar-refractivity contribution >= 4 is 5.91 Å². The van der Waals surface area contributed by atoms with Crippen LogP contribution in [0.1, 0.15) is 51.3 Å². The molecule has 1 heterocycles. The zero-order chi connectivity index (χ0) is 21.6. The third-order valence-electron chi connectivity index (χ3n) is 5.84. The molecular weight excluding hydrogens is 372 g/mol. The van der Waals surface area contributed by atoms with Crippen molar-refractivity contribution < 1.29 is 9.53 Å². The number of ether oxygens (including phenoxy) is 1. The second-order valence-corrected chi connectivity index (χ2v) is 7.99. The molecule has 2 aromatic carbocycles. The maximum Gasteiger partial charge on any atom is 0.217 e. The fourth-order valence-electron chi connectivity index (χ4n) is 3.84. The molecule has 158 valence electrons. The Morgan fingerprint density at radius 2 is 1.53 bits per heavy atom. The van der Waals surface area contributed by atoms with E-state index >= 15 is 0 Å². The average Bonchev–Trinajstić information content (AvgIpc) is 3.19. The van der Waals surface area contributed by atoms with Crippen LogP contribution in [0.25, 0.3) is 11.3 Å². The largest absolute Gasteiger partial charge is 0.457 e. The van der Waals surface area contributed by atoms with Crippen LogP contribution in [0.5, 0.6) is 11.5 Å². The van der Waals surface area contributed by atoms with Crippen molar-refractivity contribution in [3.05, 3.63) is 71.9 Å². The normalized spacial score (nSPS) is 11.3. The molecular formula is C26H32N2O2. The fraction of sp³-hybridized carbons (Fsp3) is 0.346. The number of benzene rings is 2. The highest BCUT2D eigenvalue weighted by molar-refractivity contribution is 5.73. The Morgan fingerprint density at radius 1 is 0.933 bits per heavy atom. The number of hydrogen-bond donors (Lipinski definition) is 2. The second kappa shape index (κ2) is 9.66. The van der Waals surface area contributed by atoms with E-state index in [1.54, 1.807) is 6.92 Å². The van der Waals surface area contributed by atoms with Crippen LogP contribution >= 0.6 is 0 Å². The molecule has 4 nitrogen and oxygen atoms in total. The Labute approximate surface area is 179 Å². The van der Waals surface area contributed by atoms with Crippen molar-refractivity contribution in [2.24, 2.45) is 0 Å². The van der Waals surface area contributed by atoms with Gasteiger partial charge in [0.1, 0.15) is 11.5 Å². The van der Waals surface area contributed by atoms with E-state index in [1.165, 1.54) is 5.56 Å². The molecule has 4 heteroatoms. The predicted octanol–water partition coefficient (Wildman–Crippen LogP) is 6.41. The lowest BCUT2D eigenvalue weighted by molar-refractivity contribution is -0.121. The number of amides is 1. The summed E-state index contributed by atoms with van der Waals surface area (Å²) in [7, 11) is 0. The SMILES string of the molecule is CCC(CC)(CCc1ccc(Oc2ccc(-c3ccc(C)[nH]3)cc2)cc1)NC(C)=O. The predicted molar refractivity (Wildman–Crippen MR) is 123 cm³/mol. The van der Waals surface area contributed by atoms with Crippen molar-refractivity contribution in [2.45, 2.75) is 58.9 Å². The topological polar surface area (TPSA) is 54.1 Å². The first kappa shape index (κ1) is 21.7. The van der Waals surface area contributed by atoms with Gasteiger partial charge in [-0.3, -0.25) is 4.79 Å². The van der Waals surface area contributed by atoms with E-state index in [9.17, 15) is 4.79 Å². The highest BCUT2D eigenvalue weighted by atomic mass is 16.5. The molecule has 1 amide bonds. The first-order chi connectivity index (χ1) is 14.4. The third kappa shape index (κ3) is 5.53. The molecule has 2 N–H and O–H groups in total. The summed E-state index contributed by atoms with van der Waals surface area (Å²) in [5, 5.41) is 3.16. The molecule has 3 rings (SSSR count). The van der Waals surface area contributed by atoms with Crippen LogP contribution in [-0.4, -0.2) is 16.4 Å². The van der Waals surface area contributed by atoms with Crippen LogP contribution in [0.4, 0.5) is 0 Å². The van der Waals surface area contributed by atoms with Crippen LogP contribution in [0.3, 0.4) is 0 Å². The molecule has 0 fully saturated rings. The summed E-state index contributed by atoms with van der Waals surface area (Å²) in [4.78, 5) is 14.9. The molecule has 0 aliphatic heterocycles. The summed E-state index contributed by atoms with van der Waals surface area (Å²) in [6, 6.07) is 20.5. The molecule has 0 saturated carbocycles. The van der Waals surface area contributed by atoms with Gasteiger partial charge in [-0.25, -0.2) is 0 Å². The number of aromatic nitrogens is 1. The molecule has 0 saturated heterocycles. The number of nitrogens with one attached hydrogen (secondary N) is 2. The van der Waals surface area contributed by atoms with Crippen molar-refractivity contribution in [1.82, 2.24) is 10.3 Å². The Kier molecular flexibility index (Phi) is 6.99. The lowest BCUT2D eigenvalue weighted by Gasteiger charge is -2.32. The molecule has 0 aliphatic carbocycles. The van der Waals surface area contributed by atoms with Gasteiger partial charge in [-0.2, -0.15) is 0 Å². The van der Waals surface area contributed by atoms with Gasteiger partial charge in [-0.15, -0.1) is 0 Å². The molecule has 0 spiro atoms. The van der Waals surface area contributed by atoms with E-state index < -0.39 is 0 Å². The van der Waals surface area contributed by atoms with Gasteiger partial charge in [0, 0.05) is 23.9 Å². The number of aryl methyl sites for hydroxylation is 2. The quantitative estimate of drug-likeness (QED) is 0.433. The Hall–Kier alpha value is -3.01. The van der Waals surface area contributed by atoms with Gasteiger partial charge in [-0.05, 0) is 92.3 Å². The Bertz CT molecular complexity index is 951. The fourth-order valence-corrected chi connectivity index (χ4v) is 3.84.